The lowest BCUT2D eigenvalue weighted by molar-refractivity contribution is -0.117. The van der Waals surface area contributed by atoms with Crippen LogP contribution in [0.2, 0.25) is 0 Å². The number of para-hydroxylation sites is 1. The van der Waals surface area contributed by atoms with Crippen LogP contribution in [-0.2, 0) is 4.79 Å². The van der Waals surface area contributed by atoms with Gasteiger partial charge in [-0.25, -0.2) is 4.85 Å². The van der Waals surface area contributed by atoms with E-state index in [1.807, 2.05) is 0 Å². The zero-order valence-electron chi connectivity index (χ0n) is 10.0. The van der Waals surface area contributed by atoms with E-state index in [0.717, 1.165) is 0 Å². The molecule has 0 aromatic heterocycles. The van der Waals surface area contributed by atoms with Crippen molar-refractivity contribution >= 4 is 12.0 Å². The summed E-state index contributed by atoms with van der Waals surface area (Å²) in [6.07, 6.45) is 1.46. The van der Waals surface area contributed by atoms with Gasteiger partial charge in [0.15, 0.2) is 0 Å². The van der Waals surface area contributed by atoms with Gasteiger partial charge in [-0.05, 0) is 12.1 Å². The summed E-state index contributed by atoms with van der Waals surface area (Å²) in [5.41, 5.74) is 0.609. The summed E-state index contributed by atoms with van der Waals surface area (Å²) in [4.78, 5) is 14.8. The van der Waals surface area contributed by atoms with Gasteiger partial charge in [0, 0.05) is 12.1 Å². The summed E-state index contributed by atoms with van der Waals surface area (Å²) < 4.78 is 5.13. The van der Waals surface area contributed by atoms with Gasteiger partial charge in [-0.3, -0.25) is 4.79 Å². The lowest BCUT2D eigenvalue weighted by atomic mass is 10.1. The van der Waals surface area contributed by atoms with Crippen molar-refractivity contribution in [3.05, 3.63) is 46.9 Å². The first-order valence-electron chi connectivity index (χ1n) is 5.34. The number of ether oxygens (including phenoxy) is 1. The van der Waals surface area contributed by atoms with Crippen molar-refractivity contribution in [2.24, 2.45) is 0 Å². The Labute approximate surface area is 106 Å². The second-order valence-corrected chi connectivity index (χ2v) is 3.36. The summed E-state index contributed by atoms with van der Waals surface area (Å²) in [5, 5.41) is 11.0. The van der Waals surface area contributed by atoms with Gasteiger partial charge in [-0.15, -0.1) is 0 Å². The first kappa shape index (κ1) is 13.7. The number of carbonyl (C=O) groups is 1. The van der Waals surface area contributed by atoms with Crippen LogP contribution in [0.3, 0.4) is 0 Å². The summed E-state index contributed by atoms with van der Waals surface area (Å²) in [6, 6.07) is 7.10. The SMILES string of the molecule is [C-]#[N+]/C(=C\c1ccccc1OC)C(=O)NCCO. The van der Waals surface area contributed by atoms with Crippen molar-refractivity contribution in [3.63, 3.8) is 0 Å². The Morgan fingerprint density at radius 1 is 1.56 bits per heavy atom. The fourth-order valence-electron chi connectivity index (χ4n) is 1.34. The molecule has 0 fully saturated rings. The van der Waals surface area contributed by atoms with Gasteiger partial charge in [-0.2, -0.15) is 0 Å². The molecular formula is C13H14N2O3. The second-order valence-electron chi connectivity index (χ2n) is 3.36. The topological polar surface area (TPSA) is 62.9 Å². The third-order valence-electron chi connectivity index (χ3n) is 2.18. The number of aliphatic hydroxyl groups is 1. The fraction of sp³-hybridized carbons (Fsp3) is 0.231. The molecule has 5 heteroatoms. The number of aliphatic hydroxyl groups excluding tert-OH is 1. The second kappa shape index (κ2) is 7.09. The van der Waals surface area contributed by atoms with Gasteiger partial charge in [0.1, 0.15) is 5.75 Å². The summed E-state index contributed by atoms with van der Waals surface area (Å²) in [5.74, 6) is 0.0820. The predicted octanol–water partition coefficient (Wildman–Crippen LogP) is 1.06. The van der Waals surface area contributed by atoms with Crippen LogP contribution in [0.1, 0.15) is 5.56 Å². The maximum atomic E-state index is 11.6. The molecule has 0 aliphatic carbocycles. The smallest absolute Gasteiger partial charge is 0.250 e. The van der Waals surface area contributed by atoms with Crippen LogP contribution < -0.4 is 10.1 Å². The van der Waals surface area contributed by atoms with Crippen LogP contribution in [0, 0.1) is 6.57 Å². The standard InChI is InChI=1S/C13H14N2O3/c1-14-11(13(17)15-7-8-16)9-10-5-3-4-6-12(10)18-2/h3-6,9,16H,7-8H2,2H3,(H,15,17)/b11-9-. The molecule has 0 heterocycles. The first-order chi connectivity index (χ1) is 8.72. The van der Waals surface area contributed by atoms with E-state index >= 15 is 0 Å². The minimum absolute atomic E-state index is 0.0482. The van der Waals surface area contributed by atoms with E-state index in [1.165, 1.54) is 13.2 Å². The molecule has 0 bridgehead atoms. The molecule has 0 saturated carbocycles. The molecule has 2 N–H and O–H groups in total. The Morgan fingerprint density at radius 2 is 2.28 bits per heavy atom. The average Bonchev–Trinajstić information content (AvgIpc) is 2.42. The molecule has 0 radical (unpaired) electrons. The normalized spacial score (nSPS) is 10.6. The molecular weight excluding hydrogens is 232 g/mol. The summed E-state index contributed by atoms with van der Waals surface area (Å²) in [7, 11) is 1.52. The van der Waals surface area contributed by atoms with E-state index in [2.05, 4.69) is 10.2 Å². The maximum Gasteiger partial charge on any atom is 0.250 e. The number of nitrogens with one attached hydrogen (secondary N) is 1. The van der Waals surface area contributed by atoms with Gasteiger partial charge < -0.3 is 15.2 Å². The minimum Gasteiger partial charge on any atom is -0.496 e. The molecule has 0 unspecified atom stereocenters. The Hall–Kier alpha value is -2.32. The molecule has 94 valence electrons. The van der Waals surface area contributed by atoms with Crippen LogP contribution in [-0.4, -0.2) is 31.3 Å². The third-order valence-corrected chi connectivity index (χ3v) is 2.18. The highest BCUT2D eigenvalue weighted by Gasteiger charge is 2.10. The van der Waals surface area contributed by atoms with Crippen molar-refractivity contribution < 1.29 is 14.6 Å². The number of carbonyl (C=O) groups excluding carboxylic acids is 1. The van der Waals surface area contributed by atoms with Crippen LogP contribution in [0.25, 0.3) is 10.9 Å². The van der Waals surface area contributed by atoms with E-state index < -0.39 is 5.91 Å². The number of hydrogen-bond donors (Lipinski definition) is 2. The minimum atomic E-state index is -0.509. The van der Waals surface area contributed by atoms with Crippen LogP contribution in [0.4, 0.5) is 0 Å². The van der Waals surface area contributed by atoms with E-state index in [1.54, 1.807) is 24.3 Å². The molecule has 18 heavy (non-hydrogen) atoms. The van der Waals surface area contributed by atoms with Gasteiger partial charge in [0.05, 0.1) is 20.3 Å². The Morgan fingerprint density at radius 3 is 2.89 bits per heavy atom. The molecule has 0 atom stereocenters. The zero-order valence-corrected chi connectivity index (χ0v) is 10.0. The quantitative estimate of drug-likeness (QED) is 0.603. The Bertz CT molecular complexity index is 489. The number of benzene rings is 1. The summed E-state index contributed by atoms with van der Waals surface area (Å²) in [6.45, 7) is 6.96. The van der Waals surface area contributed by atoms with E-state index in [0.29, 0.717) is 11.3 Å². The fourth-order valence-corrected chi connectivity index (χ4v) is 1.34. The molecule has 0 aliphatic rings. The number of amides is 1. The van der Waals surface area contributed by atoms with E-state index in [4.69, 9.17) is 16.4 Å². The maximum absolute atomic E-state index is 11.6. The Balaban J connectivity index is 2.97. The largest absolute Gasteiger partial charge is 0.496 e. The van der Waals surface area contributed by atoms with Crippen LogP contribution >= 0.6 is 0 Å². The first-order valence-corrected chi connectivity index (χ1v) is 5.34. The highest BCUT2D eigenvalue weighted by Crippen LogP contribution is 2.20. The van der Waals surface area contributed by atoms with Crippen molar-refractivity contribution in [1.29, 1.82) is 0 Å². The lowest BCUT2D eigenvalue weighted by Crippen LogP contribution is -2.26. The molecule has 1 aromatic rings. The Kier molecular flexibility index (Phi) is 5.42. The zero-order chi connectivity index (χ0) is 13.4. The number of methoxy groups -OCH3 is 1. The molecule has 1 amide bonds. The number of rotatable bonds is 5. The molecule has 5 nitrogen and oxygen atoms in total. The van der Waals surface area contributed by atoms with E-state index in [-0.39, 0.29) is 18.8 Å². The van der Waals surface area contributed by atoms with Crippen LogP contribution in [0.5, 0.6) is 5.75 Å². The van der Waals surface area contributed by atoms with Crippen molar-refractivity contribution in [3.8, 4) is 5.75 Å². The molecule has 0 aliphatic heterocycles. The van der Waals surface area contributed by atoms with E-state index in [9.17, 15) is 4.79 Å². The average molecular weight is 246 g/mol. The highest BCUT2D eigenvalue weighted by molar-refractivity contribution is 5.99. The predicted molar refractivity (Wildman–Crippen MR) is 67.7 cm³/mol. The molecule has 0 saturated heterocycles. The van der Waals surface area contributed by atoms with Crippen molar-refractivity contribution in [2.45, 2.75) is 0 Å². The summed E-state index contributed by atoms with van der Waals surface area (Å²) >= 11 is 0. The highest BCUT2D eigenvalue weighted by atomic mass is 16.5. The molecule has 1 rings (SSSR count). The number of nitrogens with zero attached hydrogens (tertiary/aromatic N) is 1. The van der Waals surface area contributed by atoms with Crippen LogP contribution in [0.15, 0.2) is 30.0 Å². The van der Waals surface area contributed by atoms with Gasteiger partial charge >= 0.3 is 0 Å². The molecule has 1 aromatic carbocycles. The van der Waals surface area contributed by atoms with Gasteiger partial charge in [-0.1, -0.05) is 18.2 Å². The number of hydrogen-bond acceptors (Lipinski definition) is 3. The third kappa shape index (κ3) is 3.61. The van der Waals surface area contributed by atoms with Crippen molar-refractivity contribution in [2.75, 3.05) is 20.3 Å². The lowest BCUT2D eigenvalue weighted by Gasteiger charge is -2.05. The van der Waals surface area contributed by atoms with Crippen molar-refractivity contribution in [1.82, 2.24) is 5.32 Å². The molecule has 0 spiro atoms. The van der Waals surface area contributed by atoms with Gasteiger partial charge in [0.2, 0.25) is 5.91 Å². The van der Waals surface area contributed by atoms with Gasteiger partial charge in [0.25, 0.3) is 5.70 Å². The monoisotopic (exact) mass is 246 g/mol.